The van der Waals surface area contributed by atoms with Crippen LogP contribution in [-0.2, 0) is 4.74 Å². The van der Waals surface area contributed by atoms with Crippen molar-refractivity contribution in [2.75, 3.05) is 13.2 Å². The summed E-state index contributed by atoms with van der Waals surface area (Å²) < 4.78 is 24.6. The third-order valence-electron chi connectivity index (χ3n) is 3.92. The highest BCUT2D eigenvalue weighted by atomic mass is 35.5. The van der Waals surface area contributed by atoms with Gasteiger partial charge in [-0.3, -0.25) is 0 Å². The van der Waals surface area contributed by atoms with Crippen molar-refractivity contribution in [3.05, 3.63) is 23.6 Å². The topological polar surface area (TPSA) is 57.4 Å². The van der Waals surface area contributed by atoms with Crippen LogP contribution in [0.25, 0.3) is 0 Å². The molecule has 0 atom stereocenters. The molecule has 3 rings (SSSR count). The van der Waals surface area contributed by atoms with Crippen LogP contribution >= 0.6 is 12.4 Å². The van der Waals surface area contributed by atoms with E-state index in [-0.39, 0.29) is 36.3 Å². The van der Waals surface area contributed by atoms with Gasteiger partial charge in [0.05, 0.1) is 6.20 Å². The summed E-state index contributed by atoms with van der Waals surface area (Å²) in [5.74, 6) is 0.546. The van der Waals surface area contributed by atoms with Gasteiger partial charge in [0.25, 0.3) is 0 Å². The van der Waals surface area contributed by atoms with E-state index in [4.69, 9.17) is 15.2 Å². The van der Waals surface area contributed by atoms with Crippen molar-refractivity contribution in [3.63, 3.8) is 0 Å². The number of hydrogen-bond acceptors (Lipinski definition) is 4. The third kappa shape index (κ3) is 3.40. The average Bonchev–Trinajstić information content (AvgIpc) is 2.40. The molecule has 2 N–H and O–H groups in total. The zero-order chi connectivity index (χ0) is 13.2. The number of ether oxygens (including phenoxy) is 2. The number of hydrogen-bond donors (Lipinski definition) is 1. The Bertz CT molecular complexity index is 449. The maximum absolute atomic E-state index is 13.4. The Labute approximate surface area is 124 Å². The Morgan fingerprint density at radius 1 is 1.30 bits per heavy atom. The summed E-state index contributed by atoms with van der Waals surface area (Å²) in [4.78, 5) is 4.12. The highest BCUT2D eigenvalue weighted by Gasteiger charge is 2.30. The lowest BCUT2D eigenvalue weighted by Gasteiger charge is -2.33. The van der Waals surface area contributed by atoms with Gasteiger partial charge in [-0.25, -0.2) is 9.37 Å². The average molecular weight is 303 g/mol. The molecule has 2 aliphatic rings. The van der Waals surface area contributed by atoms with E-state index in [1.165, 1.54) is 6.20 Å². The minimum absolute atomic E-state index is 0. The highest BCUT2D eigenvalue weighted by molar-refractivity contribution is 5.85. The lowest BCUT2D eigenvalue weighted by molar-refractivity contribution is 0.0776. The normalized spacial score (nSPS) is 26.5. The fraction of sp³-hybridized carbons (Fsp3) is 0.643. The summed E-state index contributed by atoms with van der Waals surface area (Å²) in [5.41, 5.74) is 6.63. The first-order valence-corrected chi connectivity index (χ1v) is 6.88. The van der Waals surface area contributed by atoms with Crippen molar-refractivity contribution >= 4 is 12.4 Å². The van der Waals surface area contributed by atoms with E-state index in [9.17, 15) is 4.39 Å². The van der Waals surface area contributed by atoms with Crippen molar-refractivity contribution in [2.45, 2.75) is 43.7 Å². The molecule has 0 bridgehead atoms. The second kappa shape index (κ2) is 6.70. The van der Waals surface area contributed by atoms with Crippen LogP contribution < -0.4 is 10.5 Å². The summed E-state index contributed by atoms with van der Waals surface area (Å²) in [6, 6.07) is 1.79. The standard InChI is InChI=1S/C14H19FN2O2.ClH/c15-10-5-13(9-1-3-18-4-2-9)14(17-8-10)19-12-6-11(16)7-12;/h5,8-9,11-12H,1-4,6-7,16H2;1H. The molecule has 20 heavy (non-hydrogen) atoms. The molecule has 0 amide bonds. The van der Waals surface area contributed by atoms with Crippen molar-refractivity contribution in [1.29, 1.82) is 0 Å². The molecule has 0 spiro atoms. The molecule has 2 fully saturated rings. The molecule has 0 unspecified atom stereocenters. The molecule has 0 radical (unpaired) electrons. The van der Waals surface area contributed by atoms with E-state index in [0.29, 0.717) is 5.88 Å². The van der Waals surface area contributed by atoms with Crippen molar-refractivity contribution in [2.24, 2.45) is 5.73 Å². The number of halogens is 2. The van der Waals surface area contributed by atoms with Gasteiger partial charge in [-0.2, -0.15) is 0 Å². The van der Waals surface area contributed by atoms with Crippen molar-refractivity contribution < 1.29 is 13.9 Å². The number of nitrogens with zero attached hydrogens (tertiary/aromatic N) is 1. The van der Waals surface area contributed by atoms with Gasteiger partial charge in [0.2, 0.25) is 5.88 Å². The molecule has 1 saturated carbocycles. The van der Waals surface area contributed by atoms with Crippen LogP contribution in [0.2, 0.25) is 0 Å². The summed E-state index contributed by atoms with van der Waals surface area (Å²) in [7, 11) is 0. The number of pyridine rings is 1. The SMILES string of the molecule is Cl.NC1CC(Oc2ncc(F)cc2C2CCOCC2)C1. The van der Waals surface area contributed by atoms with Gasteiger partial charge in [0.15, 0.2) is 0 Å². The van der Waals surface area contributed by atoms with Crippen molar-refractivity contribution in [1.82, 2.24) is 4.98 Å². The second-order valence-corrected chi connectivity index (χ2v) is 5.41. The van der Waals surface area contributed by atoms with Crippen LogP contribution in [0.5, 0.6) is 5.88 Å². The third-order valence-corrected chi connectivity index (χ3v) is 3.92. The van der Waals surface area contributed by atoms with Gasteiger partial charge in [0, 0.05) is 24.8 Å². The fourth-order valence-corrected chi connectivity index (χ4v) is 2.70. The maximum atomic E-state index is 13.4. The Hall–Kier alpha value is -0.910. The first-order valence-electron chi connectivity index (χ1n) is 6.88. The van der Waals surface area contributed by atoms with Gasteiger partial charge in [-0.15, -0.1) is 12.4 Å². The van der Waals surface area contributed by atoms with Gasteiger partial charge in [-0.05, 0) is 37.7 Å². The molecule has 112 valence electrons. The van der Waals surface area contributed by atoms with Crippen molar-refractivity contribution in [3.8, 4) is 5.88 Å². The predicted molar refractivity (Wildman–Crippen MR) is 75.9 cm³/mol. The van der Waals surface area contributed by atoms with Crippen LogP contribution in [0.15, 0.2) is 12.3 Å². The summed E-state index contributed by atoms with van der Waals surface area (Å²) in [6.45, 7) is 1.43. The zero-order valence-electron chi connectivity index (χ0n) is 11.3. The Morgan fingerprint density at radius 2 is 2.00 bits per heavy atom. The zero-order valence-corrected chi connectivity index (χ0v) is 12.1. The van der Waals surface area contributed by atoms with Gasteiger partial charge in [0.1, 0.15) is 11.9 Å². The second-order valence-electron chi connectivity index (χ2n) is 5.41. The van der Waals surface area contributed by atoms with Gasteiger partial charge >= 0.3 is 0 Å². The van der Waals surface area contributed by atoms with Gasteiger partial charge in [-0.1, -0.05) is 0 Å². The van der Waals surface area contributed by atoms with Crippen LogP contribution in [0.1, 0.15) is 37.2 Å². The van der Waals surface area contributed by atoms with E-state index in [1.807, 2.05) is 0 Å². The number of rotatable bonds is 3. The first kappa shape index (κ1) is 15.5. The lowest BCUT2D eigenvalue weighted by atomic mass is 9.89. The Morgan fingerprint density at radius 3 is 2.65 bits per heavy atom. The smallest absolute Gasteiger partial charge is 0.217 e. The molecule has 1 aliphatic heterocycles. The van der Waals surface area contributed by atoms with Crippen LogP contribution in [0.4, 0.5) is 4.39 Å². The quantitative estimate of drug-likeness (QED) is 0.931. The Kier molecular flexibility index (Phi) is 5.18. The van der Waals surface area contributed by atoms with Gasteiger partial charge < -0.3 is 15.2 Å². The van der Waals surface area contributed by atoms with E-state index < -0.39 is 0 Å². The molecule has 1 aromatic heterocycles. The van der Waals surface area contributed by atoms with E-state index in [0.717, 1.165) is 44.5 Å². The minimum Gasteiger partial charge on any atom is -0.474 e. The molecule has 4 nitrogen and oxygen atoms in total. The van der Waals surface area contributed by atoms with Crippen LogP contribution in [-0.4, -0.2) is 30.3 Å². The predicted octanol–water partition coefficient (Wildman–Crippen LogP) is 2.41. The Balaban J connectivity index is 0.00000147. The van der Waals surface area contributed by atoms with E-state index in [1.54, 1.807) is 6.07 Å². The monoisotopic (exact) mass is 302 g/mol. The summed E-state index contributed by atoms with van der Waals surface area (Å²) in [5, 5.41) is 0. The maximum Gasteiger partial charge on any atom is 0.217 e. The highest BCUT2D eigenvalue weighted by Crippen LogP contribution is 2.34. The molecule has 0 aromatic carbocycles. The van der Waals surface area contributed by atoms with E-state index >= 15 is 0 Å². The fourth-order valence-electron chi connectivity index (χ4n) is 2.70. The van der Waals surface area contributed by atoms with Crippen LogP contribution in [0.3, 0.4) is 0 Å². The summed E-state index contributed by atoms with van der Waals surface area (Å²) >= 11 is 0. The first-order chi connectivity index (χ1) is 9.22. The minimum atomic E-state index is -0.306. The molecule has 1 aliphatic carbocycles. The largest absolute Gasteiger partial charge is 0.474 e. The molecule has 1 saturated heterocycles. The summed E-state index contributed by atoms with van der Waals surface area (Å²) in [6.07, 6.45) is 4.85. The molecular formula is C14H20ClFN2O2. The van der Waals surface area contributed by atoms with E-state index in [2.05, 4.69) is 4.98 Å². The molecule has 1 aromatic rings. The molecule has 2 heterocycles. The molecular weight excluding hydrogens is 283 g/mol. The number of nitrogens with two attached hydrogens (primary N) is 1. The lowest BCUT2D eigenvalue weighted by Crippen LogP contribution is -2.43. The molecule has 6 heteroatoms. The number of aromatic nitrogens is 1. The van der Waals surface area contributed by atoms with Crippen LogP contribution in [0, 0.1) is 5.82 Å².